The van der Waals surface area contributed by atoms with Gasteiger partial charge in [-0.05, 0) is 6.92 Å². The van der Waals surface area contributed by atoms with Crippen LogP contribution in [0.3, 0.4) is 0 Å². The third-order valence-electron chi connectivity index (χ3n) is 6.00. The van der Waals surface area contributed by atoms with E-state index in [0.717, 1.165) is 6.92 Å². The Hall–Kier alpha value is -2.55. The summed E-state index contributed by atoms with van der Waals surface area (Å²) in [7, 11) is 0. The van der Waals surface area contributed by atoms with E-state index in [9.17, 15) is 110 Å². The van der Waals surface area contributed by atoms with Crippen LogP contribution in [-0.2, 0) is 14.3 Å². The van der Waals surface area contributed by atoms with Crippen LogP contribution >= 0.6 is 0 Å². The minimum atomic E-state index is -9.54. The van der Waals surface area contributed by atoms with E-state index in [1.165, 1.54) is 0 Å². The van der Waals surface area contributed by atoms with Crippen molar-refractivity contribution in [3.05, 3.63) is 12.2 Å². The lowest BCUT2D eigenvalue weighted by atomic mass is 9.84. The third kappa shape index (κ3) is 6.91. The first-order chi connectivity index (χ1) is 21.2. The molecule has 0 aliphatic rings. The van der Waals surface area contributed by atoms with Crippen molar-refractivity contribution < 1.29 is 125 Å². The Morgan fingerprint density at radius 1 is 0.592 bits per heavy atom. The molecule has 0 aromatic rings. The SMILES string of the molecule is C=C(C)C(=O)OC(CO)COCCC(F)(F)C(F)(F)C(F)(F)C(F)(F)C(F)(F)C(F)(F)C(F)(F)C(F)(F)C(F)(F)C(F)(F)C(F)(F)C(F)F. The molecule has 0 rings (SSSR count). The molecule has 0 bridgehead atoms. The number of aliphatic hydroxyl groups excluding tert-OH is 1. The molecule has 0 aliphatic carbocycles. The Morgan fingerprint density at radius 3 is 1.18 bits per heavy atom. The van der Waals surface area contributed by atoms with Gasteiger partial charge in [0.25, 0.3) is 0 Å². The monoisotopic (exact) mass is 788 g/mol. The van der Waals surface area contributed by atoms with Gasteiger partial charge in [0, 0.05) is 12.0 Å². The smallest absolute Gasteiger partial charge is 0.385 e. The number of carbonyl (C=O) groups excluding carboxylic acids is 1. The maximum Gasteiger partial charge on any atom is 0.385 e. The van der Waals surface area contributed by atoms with Gasteiger partial charge in [0.1, 0.15) is 6.10 Å². The first kappa shape index (κ1) is 46.5. The summed E-state index contributed by atoms with van der Waals surface area (Å²) in [4.78, 5) is 11.3. The second kappa shape index (κ2) is 13.5. The van der Waals surface area contributed by atoms with Gasteiger partial charge < -0.3 is 14.6 Å². The van der Waals surface area contributed by atoms with Gasteiger partial charge in [-0.2, -0.15) is 96.6 Å². The predicted molar refractivity (Wildman–Crippen MR) is 108 cm³/mol. The normalized spacial score (nSPS) is 16.2. The van der Waals surface area contributed by atoms with Crippen LogP contribution in [0.4, 0.5) is 105 Å². The number of hydrogen-bond acceptors (Lipinski definition) is 4. The Kier molecular flexibility index (Phi) is 12.8. The van der Waals surface area contributed by atoms with E-state index in [4.69, 9.17) is 5.11 Å². The lowest BCUT2D eigenvalue weighted by Gasteiger charge is -2.45. The molecule has 1 N–H and O–H groups in total. The summed E-state index contributed by atoms with van der Waals surface area (Å²) in [6, 6.07) is 0. The summed E-state index contributed by atoms with van der Waals surface area (Å²) in [5.41, 5.74) is -0.392. The molecule has 4 nitrogen and oxygen atoms in total. The van der Waals surface area contributed by atoms with E-state index in [-0.39, 0.29) is 0 Å². The molecule has 0 spiro atoms. The molecule has 28 heteroatoms. The third-order valence-corrected chi connectivity index (χ3v) is 6.00. The van der Waals surface area contributed by atoms with Gasteiger partial charge in [-0.25, -0.2) is 13.6 Å². The van der Waals surface area contributed by atoms with Gasteiger partial charge in [-0.1, -0.05) is 6.58 Å². The molecule has 49 heavy (non-hydrogen) atoms. The molecule has 0 aliphatic heterocycles. The van der Waals surface area contributed by atoms with Crippen molar-refractivity contribution in [3.8, 4) is 0 Å². The number of halogens is 24. The van der Waals surface area contributed by atoms with Crippen molar-refractivity contribution in [2.24, 2.45) is 0 Å². The van der Waals surface area contributed by atoms with Crippen LogP contribution in [0.25, 0.3) is 0 Å². The fraction of sp³-hybridized carbons (Fsp3) is 0.857. The highest BCUT2D eigenvalue weighted by Gasteiger charge is 2.98. The van der Waals surface area contributed by atoms with Gasteiger partial charge in [0.15, 0.2) is 0 Å². The molecular formula is C21H16F24O4. The maximum absolute atomic E-state index is 13.9. The van der Waals surface area contributed by atoms with Gasteiger partial charge in [0.05, 0.1) is 19.8 Å². The van der Waals surface area contributed by atoms with Crippen molar-refractivity contribution in [1.29, 1.82) is 0 Å². The summed E-state index contributed by atoms with van der Waals surface area (Å²) >= 11 is 0. The fourth-order valence-electron chi connectivity index (χ4n) is 2.90. The number of esters is 1. The Balaban J connectivity index is 6.71. The topological polar surface area (TPSA) is 55.8 Å². The lowest BCUT2D eigenvalue weighted by Crippen LogP contribution is -2.78. The molecule has 1 unspecified atom stereocenters. The Morgan fingerprint density at radius 2 is 0.898 bits per heavy atom. The molecule has 0 heterocycles. The second-order valence-electron chi connectivity index (χ2n) is 9.61. The van der Waals surface area contributed by atoms with Gasteiger partial charge in [-0.3, -0.25) is 0 Å². The summed E-state index contributed by atoms with van der Waals surface area (Å²) in [6.45, 7) is -0.687. The number of alkyl halides is 24. The number of hydrogen-bond donors (Lipinski definition) is 1. The summed E-state index contributed by atoms with van der Waals surface area (Å²) in [6.07, 6.45) is -11.3. The summed E-state index contributed by atoms with van der Waals surface area (Å²) < 4.78 is 333. The highest BCUT2D eigenvalue weighted by atomic mass is 19.4. The average Bonchev–Trinajstić information content (AvgIpc) is 2.92. The summed E-state index contributed by atoms with van der Waals surface area (Å²) in [5, 5.41) is 8.92. The van der Waals surface area contributed by atoms with Crippen LogP contribution in [0.5, 0.6) is 0 Å². The van der Waals surface area contributed by atoms with Crippen LogP contribution in [-0.4, -0.2) is 109 Å². The van der Waals surface area contributed by atoms with Crippen LogP contribution in [0.1, 0.15) is 13.3 Å². The second-order valence-corrected chi connectivity index (χ2v) is 9.61. The maximum atomic E-state index is 13.9. The first-order valence-electron chi connectivity index (χ1n) is 11.7. The van der Waals surface area contributed by atoms with Crippen LogP contribution < -0.4 is 0 Å². The Bertz CT molecular complexity index is 1180. The summed E-state index contributed by atoms with van der Waals surface area (Å²) in [5.74, 6) is -98.3. The zero-order valence-corrected chi connectivity index (χ0v) is 22.9. The average molecular weight is 788 g/mol. The van der Waals surface area contributed by atoms with Crippen LogP contribution in [0.2, 0.25) is 0 Å². The highest BCUT2D eigenvalue weighted by molar-refractivity contribution is 5.87. The van der Waals surface area contributed by atoms with Crippen molar-refractivity contribution in [2.75, 3.05) is 19.8 Å². The number of rotatable bonds is 19. The number of carbonyl (C=O) groups is 1. The molecule has 0 amide bonds. The molecule has 0 fully saturated rings. The molecule has 0 aromatic carbocycles. The van der Waals surface area contributed by atoms with E-state index in [1.807, 2.05) is 0 Å². The fourth-order valence-corrected chi connectivity index (χ4v) is 2.90. The van der Waals surface area contributed by atoms with Crippen molar-refractivity contribution in [1.82, 2.24) is 0 Å². The molecule has 0 saturated heterocycles. The molecule has 292 valence electrons. The Labute approximate surface area is 255 Å². The minimum absolute atomic E-state index is 0.392. The predicted octanol–water partition coefficient (Wildman–Crippen LogP) is 8.13. The molecule has 0 radical (unpaired) electrons. The van der Waals surface area contributed by atoms with Crippen molar-refractivity contribution in [3.63, 3.8) is 0 Å². The highest BCUT2D eigenvalue weighted by Crippen LogP contribution is 2.67. The quantitative estimate of drug-likeness (QED) is 0.0623. The number of ether oxygens (including phenoxy) is 2. The van der Waals surface area contributed by atoms with E-state index in [0.29, 0.717) is 0 Å². The van der Waals surface area contributed by atoms with Crippen molar-refractivity contribution >= 4 is 5.97 Å². The van der Waals surface area contributed by atoms with Gasteiger partial charge in [0.2, 0.25) is 0 Å². The zero-order chi connectivity index (χ0) is 40.1. The molecule has 1 atom stereocenters. The van der Waals surface area contributed by atoms with E-state index in [1.54, 1.807) is 0 Å². The van der Waals surface area contributed by atoms with E-state index >= 15 is 0 Å². The standard InChI is InChI=1S/C21H16F24O4/c1-7(2)9(47)49-8(5-46)6-48-4-3-11(24,25)13(28,29)15(32,33)17(36,37)19(40,41)21(44,45)20(42,43)18(38,39)16(34,35)14(30,31)12(26,27)10(22)23/h8,10,46H,1,3-6H2,2H3. The molecular weight excluding hydrogens is 772 g/mol. The van der Waals surface area contributed by atoms with Crippen molar-refractivity contribution in [2.45, 2.75) is 91.0 Å². The molecule has 0 saturated carbocycles. The lowest BCUT2D eigenvalue weighted by molar-refractivity contribution is -0.476. The van der Waals surface area contributed by atoms with E-state index < -0.39 is 115 Å². The first-order valence-corrected chi connectivity index (χ1v) is 11.7. The zero-order valence-electron chi connectivity index (χ0n) is 22.9. The van der Waals surface area contributed by atoms with Gasteiger partial charge in [-0.15, -0.1) is 0 Å². The van der Waals surface area contributed by atoms with Crippen LogP contribution in [0.15, 0.2) is 12.2 Å². The minimum Gasteiger partial charge on any atom is -0.454 e. The van der Waals surface area contributed by atoms with Gasteiger partial charge >= 0.3 is 77.5 Å². The van der Waals surface area contributed by atoms with E-state index in [2.05, 4.69) is 16.1 Å². The molecule has 0 aromatic heterocycles. The largest absolute Gasteiger partial charge is 0.454 e. The number of aliphatic hydroxyl groups is 1. The van der Waals surface area contributed by atoms with Crippen LogP contribution in [0, 0.1) is 0 Å².